The van der Waals surface area contributed by atoms with Crippen LogP contribution in [-0.4, -0.2) is 10.9 Å². The van der Waals surface area contributed by atoms with Gasteiger partial charge < -0.3 is 10.6 Å². The predicted molar refractivity (Wildman–Crippen MR) is 101 cm³/mol. The lowest BCUT2D eigenvalue weighted by Gasteiger charge is -2.10. The molecular formula is C19H16BrN3O. The Bertz CT molecular complexity index is 862. The quantitative estimate of drug-likeness (QED) is 0.656. The summed E-state index contributed by atoms with van der Waals surface area (Å²) >= 11 is 3.49. The molecule has 5 heteroatoms. The van der Waals surface area contributed by atoms with E-state index >= 15 is 0 Å². The number of amides is 1. The number of hydrogen-bond donors (Lipinski definition) is 2. The van der Waals surface area contributed by atoms with E-state index < -0.39 is 0 Å². The number of hydrogen-bond acceptors (Lipinski definition) is 3. The summed E-state index contributed by atoms with van der Waals surface area (Å²) in [5, 5.41) is 6.12. The minimum atomic E-state index is -0.192. The van der Waals surface area contributed by atoms with Crippen molar-refractivity contribution in [2.75, 3.05) is 10.6 Å². The zero-order valence-electron chi connectivity index (χ0n) is 13.1. The van der Waals surface area contributed by atoms with Crippen molar-refractivity contribution in [1.29, 1.82) is 0 Å². The summed E-state index contributed by atoms with van der Waals surface area (Å²) in [5.74, 6) is -0.192. The van der Waals surface area contributed by atoms with Gasteiger partial charge in [-0.3, -0.25) is 9.78 Å². The maximum atomic E-state index is 12.4. The van der Waals surface area contributed by atoms with Crippen molar-refractivity contribution in [3.05, 3.63) is 82.6 Å². The Labute approximate surface area is 149 Å². The molecule has 0 fully saturated rings. The molecule has 1 heterocycles. The lowest BCUT2D eigenvalue weighted by molar-refractivity contribution is 0.102. The van der Waals surface area contributed by atoms with Gasteiger partial charge in [0.15, 0.2) is 0 Å². The number of anilines is 3. The van der Waals surface area contributed by atoms with Crippen LogP contribution in [0, 0.1) is 6.92 Å². The van der Waals surface area contributed by atoms with Gasteiger partial charge in [0.2, 0.25) is 0 Å². The molecule has 0 aliphatic rings. The third-order valence-corrected chi connectivity index (χ3v) is 4.15. The van der Waals surface area contributed by atoms with Crippen molar-refractivity contribution in [3.8, 4) is 0 Å². The fourth-order valence-corrected chi connectivity index (χ4v) is 2.57. The molecule has 0 atom stereocenters. The molecule has 0 aliphatic carbocycles. The van der Waals surface area contributed by atoms with E-state index in [-0.39, 0.29) is 5.91 Å². The van der Waals surface area contributed by atoms with Gasteiger partial charge in [-0.2, -0.15) is 0 Å². The molecule has 1 amide bonds. The molecule has 3 aromatic rings. The Morgan fingerprint density at radius 1 is 1.00 bits per heavy atom. The van der Waals surface area contributed by atoms with Crippen LogP contribution in [0.15, 0.2) is 71.5 Å². The largest absolute Gasteiger partial charge is 0.353 e. The van der Waals surface area contributed by atoms with Crippen molar-refractivity contribution in [1.82, 2.24) is 4.98 Å². The van der Waals surface area contributed by atoms with Crippen LogP contribution in [0.2, 0.25) is 0 Å². The van der Waals surface area contributed by atoms with Crippen LogP contribution < -0.4 is 10.6 Å². The first-order chi connectivity index (χ1) is 11.6. The Balaban J connectivity index is 1.76. The summed E-state index contributed by atoms with van der Waals surface area (Å²) in [5.41, 5.74) is 4.06. The molecule has 0 saturated carbocycles. The standard InChI is InChI=1S/C19H16BrN3O/c1-13-6-8-15(9-7-13)23-19(24)14-10-16(12-21-11-14)22-18-5-3-2-4-17(18)20/h2-12,22H,1H3,(H,23,24). The number of aromatic nitrogens is 1. The molecule has 0 bridgehead atoms. The zero-order chi connectivity index (χ0) is 16.9. The Hall–Kier alpha value is -2.66. The summed E-state index contributed by atoms with van der Waals surface area (Å²) in [6.45, 7) is 2.01. The molecule has 3 rings (SSSR count). The maximum absolute atomic E-state index is 12.4. The fourth-order valence-electron chi connectivity index (χ4n) is 2.19. The molecule has 0 saturated heterocycles. The molecule has 24 heavy (non-hydrogen) atoms. The first-order valence-corrected chi connectivity index (χ1v) is 8.26. The van der Waals surface area contributed by atoms with E-state index in [9.17, 15) is 4.79 Å². The van der Waals surface area contributed by atoms with Gasteiger partial charge in [0.1, 0.15) is 0 Å². The van der Waals surface area contributed by atoms with Gasteiger partial charge in [0, 0.05) is 16.4 Å². The molecule has 0 spiro atoms. The van der Waals surface area contributed by atoms with Crippen LogP contribution in [0.25, 0.3) is 0 Å². The van der Waals surface area contributed by atoms with Crippen LogP contribution in [0.3, 0.4) is 0 Å². The minimum absolute atomic E-state index is 0.192. The van der Waals surface area contributed by atoms with Gasteiger partial charge in [-0.1, -0.05) is 29.8 Å². The first kappa shape index (κ1) is 16.2. The second-order valence-corrected chi connectivity index (χ2v) is 6.24. The van der Waals surface area contributed by atoms with Crippen molar-refractivity contribution < 1.29 is 4.79 Å². The summed E-state index contributed by atoms with van der Waals surface area (Å²) in [4.78, 5) is 16.5. The van der Waals surface area contributed by atoms with Gasteiger partial charge in [-0.15, -0.1) is 0 Å². The number of pyridine rings is 1. The molecular weight excluding hydrogens is 366 g/mol. The number of nitrogens with zero attached hydrogens (tertiary/aromatic N) is 1. The molecule has 4 nitrogen and oxygen atoms in total. The van der Waals surface area contributed by atoms with Gasteiger partial charge in [0.05, 0.1) is 23.1 Å². The smallest absolute Gasteiger partial charge is 0.257 e. The molecule has 120 valence electrons. The third-order valence-electron chi connectivity index (χ3n) is 3.46. The highest BCUT2D eigenvalue weighted by Gasteiger charge is 2.08. The lowest BCUT2D eigenvalue weighted by atomic mass is 10.2. The topological polar surface area (TPSA) is 54.0 Å². The van der Waals surface area contributed by atoms with Gasteiger partial charge in [-0.05, 0) is 53.2 Å². The van der Waals surface area contributed by atoms with E-state index in [1.807, 2.05) is 55.5 Å². The van der Waals surface area contributed by atoms with E-state index in [1.165, 1.54) is 0 Å². The second kappa shape index (κ2) is 7.27. The average Bonchev–Trinajstić information content (AvgIpc) is 2.59. The maximum Gasteiger partial charge on any atom is 0.257 e. The summed E-state index contributed by atoms with van der Waals surface area (Å²) in [6, 6.07) is 17.2. The number of nitrogens with one attached hydrogen (secondary N) is 2. The summed E-state index contributed by atoms with van der Waals surface area (Å²) in [7, 11) is 0. The van der Waals surface area contributed by atoms with Gasteiger partial charge in [0.25, 0.3) is 5.91 Å². The molecule has 1 aromatic heterocycles. The summed E-state index contributed by atoms with van der Waals surface area (Å²) in [6.07, 6.45) is 3.23. The Kier molecular flexibility index (Phi) is 4.91. The monoisotopic (exact) mass is 381 g/mol. The molecule has 0 unspecified atom stereocenters. The second-order valence-electron chi connectivity index (χ2n) is 5.39. The van der Waals surface area contributed by atoms with Gasteiger partial charge in [-0.25, -0.2) is 0 Å². The van der Waals surface area contributed by atoms with Crippen molar-refractivity contribution in [3.63, 3.8) is 0 Å². The zero-order valence-corrected chi connectivity index (χ0v) is 14.7. The molecule has 0 radical (unpaired) electrons. The van der Waals surface area contributed by atoms with Crippen LogP contribution in [0.4, 0.5) is 17.1 Å². The number of carbonyl (C=O) groups is 1. The third kappa shape index (κ3) is 4.00. The highest BCUT2D eigenvalue weighted by molar-refractivity contribution is 9.10. The highest BCUT2D eigenvalue weighted by Crippen LogP contribution is 2.25. The van der Waals surface area contributed by atoms with E-state index in [4.69, 9.17) is 0 Å². The first-order valence-electron chi connectivity index (χ1n) is 7.46. The lowest BCUT2D eigenvalue weighted by Crippen LogP contribution is -2.12. The predicted octanol–water partition coefficient (Wildman–Crippen LogP) is 5.15. The average molecular weight is 382 g/mol. The van der Waals surface area contributed by atoms with E-state index in [2.05, 4.69) is 31.5 Å². The number of rotatable bonds is 4. The Morgan fingerprint density at radius 2 is 1.75 bits per heavy atom. The van der Waals surface area contributed by atoms with Gasteiger partial charge >= 0.3 is 0 Å². The van der Waals surface area contributed by atoms with E-state index in [0.717, 1.165) is 27.1 Å². The number of halogens is 1. The van der Waals surface area contributed by atoms with Crippen LogP contribution in [0.1, 0.15) is 15.9 Å². The Morgan fingerprint density at radius 3 is 2.50 bits per heavy atom. The molecule has 0 aliphatic heterocycles. The van der Waals surface area contributed by atoms with E-state index in [0.29, 0.717) is 5.56 Å². The van der Waals surface area contributed by atoms with Crippen LogP contribution >= 0.6 is 15.9 Å². The fraction of sp³-hybridized carbons (Fsp3) is 0.0526. The number of para-hydroxylation sites is 1. The van der Waals surface area contributed by atoms with Crippen molar-refractivity contribution in [2.24, 2.45) is 0 Å². The molecule has 2 N–H and O–H groups in total. The number of aryl methyl sites for hydroxylation is 1. The normalized spacial score (nSPS) is 10.2. The number of carbonyl (C=O) groups excluding carboxylic acids is 1. The van der Waals surface area contributed by atoms with Crippen molar-refractivity contribution >= 4 is 38.9 Å². The molecule has 2 aromatic carbocycles. The van der Waals surface area contributed by atoms with Crippen LogP contribution in [-0.2, 0) is 0 Å². The van der Waals surface area contributed by atoms with Crippen LogP contribution in [0.5, 0.6) is 0 Å². The number of benzene rings is 2. The minimum Gasteiger partial charge on any atom is -0.353 e. The summed E-state index contributed by atoms with van der Waals surface area (Å²) < 4.78 is 0.944. The van der Waals surface area contributed by atoms with E-state index in [1.54, 1.807) is 18.5 Å². The highest BCUT2D eigenvalue weighted by atomic mass is 79.9. The SMILES string of the molecule is Cc1ccc(NC(=O)c2cncc(Nc3ccccc3Br)c2)cc1. The van der Waals surface area contributed by atoms with Crippen molar-refractivity contribution in [2.45, 2.75) is 6.92 Å².